The topological polar surface area (TPSA) is 86.6 Å². The molecule has 5 nitrogen and oxygen atoms in total. The Hall–Kier alpha value is -2.04. The molecule has 5 heteroatoms. The molecule has 3 N–H and O–H groups in total. The van der Waals surface area contributed by atoms with Crippen molar-refractivity contribution in [2.75, 3.05) is 6.54 Å². The van der Waals surface area contributed by atoms with Gasteiger partial charge in [-0.05, 0) is 43.4 Å². The van der Waals surface area contributed by atoms with E-state index in [-0.39, 0.29) is 29.1 Å². The van der Waals surface area contributed by atoms with Gasteiger partial charge in [-0.3, -0.25) is 9.59 Å². The van der Waals surface area contributed by atoms with Gasteiger partial charge in [0, 0.05) is 6.54 Å². The van der Waals surface area contributed by atoms with Gasteiger partial charge in [-0.1, -0.05) is 18.9 Å². The summed E-state index contributed by atoms with van der Waals surface area (Å²) >= 11 is 0. The third-order valence-electron chi connectivity index (χ3n) is 4.15. The van der Waals surface area contributed by atoms with Crippen molar-refractivity contribution in [1.82, 2.24) is 5.32 Å². The number of phenolic OH excluding ortho intramolecular Hbond substituents is 1. The van der Waals surface area contributed by atoms with Crippen molar-refractivity contribution in [3.8, 4) is 5.75 Å². The number of phenols is 1. The zero-order valence-electron chi connectivity index (χ0n) is 12.1. The van der Waals surface area contributed by atoms with Crippen LogP contribution in [-0.4, -0.2) is 28.6 Å². The molecule has 1 aliphatic carbocycles. The van der Waals surface area contributed by atoms with Gasteiger partial charge in [0.25, 0.3) is 5.91 Å². The fourth-order valence-electron chi connectivity index (χ4n) is 2.93. The predicted octanol–water partition coefficient (Wildman–Crippen LogP) is 2.32. The highest BCUT2D eigenvalue weighted by Crippen LogP contribution is 2.30. The number of aryl methyl sites for hydroxylation is 1. The molecule has 0 spiro atoms. The number of rotatable bonds is 4. The van der Waals surface area contributed by atoms with E-state index in [0.717, 1.165) is 24.8 Å². The van der Waals surface area contributed by atoms with E-state index in [1.807, 2.05) is 6.92 Å². The zero-order chi connectivity index (χ0) is 15.4. The van der Waals surface area contributed by atoms with Gasteiger partial charge in [0.05, 0.1) is 11.5 Å². The maximum Gasteiger partial charge on any atom is 0.306 e. The second kappa shape index (κ2) is 6.61. The van der Waals surface area contributed by atoms with E-state index in [1.165, 1.54) is 6.07 Å². The second-order valence-corrected chi connectivity index (χ2v) is 5.72. The Balaban J connectivity index is 1.98. The number of amides is 1. The third-order valence-corrected chi connectivity index (χ3v) is 4.15. The Kier molecular flexibility index (Phi) is 4.83. The van der Waals surface area contributed by atoms with Crippen molar-refractivity contribution in [3.63, 3.8) is 0 Å². The molecule has 1 aliphatic rings. The maximum absolute atomic E-state index is 12.1. The molecule has 0 saturated heterocycles. The summed E-state index contributed by atoms with van der Waals surface area (Å²) in [6.45, 7) is 2.17. The molecule has 1 aromatic carbocycles. The van der Waals surface area contributed by atoms with Gasteiger partial charge in [0.15, 0.2) is 0 Å². The highest BCUT2D eigenvalue weighted by Gasteiger charge is 2.31. The fourth-order valence-corrected chi connectivity index (χ4v) is 2.93. The number of benzene rings is 1. The number of nitrogens with one attached hydrogen (secondary N) is 1. The van der Waals surface area contributed by atoms with Crippen LogP contribution >= 0.6 is 0 Å². The van der Waals surface area contributed by atoms with Gasteiger partial charge in [-0.2, -0.15) is 0 Å². The van der Waals surface area contributed by atoms with E-state index in [0.29, 0.717) is 13.0 Å². The Bertz CT molecular complexity index is 541. The summed E-state index contributed by atoms with van der Waals surface area (Å²) in [6, 6.07) is 4.88. The lowest BCUT2D eigenvalue weighted by Crippen LogP contribution is -2.37. The molecule has 0 heterocycles. The van der Waals surface area contributed by atoms with Crippen molar-refractivity contribution in [2.45, 2.75) is 32.6 Å². The molecule has 1 aromatic rings. The van der Waals surface area contributed by atoms with Crippen molar-refractivity contribution < 1.29 is 19.8 Å². The van der Waals surface area contributed by atoms with Crippen LogP contribution in [0, 0.1) is 18.8 Å². The Morgan fingerprint density at radius 2 is 2.00 bits per heavy atom. The van der Waals surface area contributed by atoms with Crippen LogP contribution in [0.15, 0.2) is 18.2 Å². The minimum Gasteiger partial charge on any atom is -0.507 e. The number of carbonyl (C=O) groups excluding carboxylic acids is 1. The number of hydrogen-bond donors (Lipinski definition) is 3. The summed E-state index contributed by atoms with van der Waals surface area (Å²) < 4.78 is 0. The van der Waals surface area contributed by atoms with Gasteiger partial charge in [0.1, 0.15) is 5.75 Å². The van der Waals surface area contributed by atoms with Crippen LogP contribution in [-0.2, 0) is 4.79 Å². The van der Waals surface area contributed by atoms with Crippen LogP contribution in [0.5, 0.6) is 5.75 Å². The summed E-state index contributed by atoms with van der Waals surface area (Å²) in [7, 11) is 0. The zero-order valence-corrected chi connectivity index (χ0v) is 12.1. The summed E-state index contributed by atoms with van der Waals surface area (Å²) in [6.07, 6.45) is 3.42. The first-order chi connectivity index (χ1) is 9.99. The number of carbonyl (C=O) groups is 2. The van der Waals surface area contributed by atoms with Gasteiger partial charge in [-0.15, -0.1) is 0 Å². The molecule has 1 amide bonds. The molecule has 21 heavy (non-hydrogen) atoms. The molecule has 1 saturated carbocycles. The Morgan fingerprint density at radius 3 is 2.67 bits per heavy atom. The molecule has 0 aromatic heterocycles. The lowest BCUT2D eigenvalue weighted by Gasteiger charge is -2.28. The molecule has 1 fully saturated rings. The summed E-state index contributed by atoms with van der Waals surface area (Å²) in [5, 5.41) is 21.7. The van der Waals surface area contributed by atoms with Crippen molar-refractivity contribution >= 4 is 11.9 Å². The average Bonchev–Trinajstić information content (AvgIpc) is 2.45. The summed E-state index contributed by atoms with van der Waals surface area (Å²) in [5.74, 6) is -1.61. The first-order valence-electron chi connectivity index (χ1n) is 7.29. The van der Waals surface area contributed by atoms with Gasteiger partial charge in [0.2, 0.25) is 0 Å². The number of carboxylic acids is 1. The number of hydrogen-bond acceptors (Lipinski definition) is 3. The van der Waals surface area contributed by atoms with E-state index in [4.69, 9.17) is 0 Å². The Labute approximate surface area is 124 Å². The van der Waals surface area contributed by atoms with E-state index in [2.05, 4.69) is 5.32 Å². The van der Waals surface area contributed by atoms with Crippen LogP contribution in [0.25, 0.3) is 0 Å². The van der Waals surface area contributed by atoms with E-state index < -0.39 is 5.97 Å². The summed E-state index contributed by atoms with van der Waals surface area (Å²) in [5.41, 5.74) is 1.10. The maximum atomic E-state index is 12.1. The molecule has 2 rings (SSSR count). The quantitative estimate of drug-likeness (QED) is 0.794. The van der Waals surface area contributed by atoms with Crippen LogP contribution in [0.3, 0.4) is 0 Å². The lowest BCUT2D eigenvalue weighted by atomic mass is 9.79. The van der Waals surface area contributed by atoms with E-state index >= 15 is 0 Å². The normalized spacial score (nSPS) is 21.8. The Morgan fingerprint density at radius 1 is 1.29 bits per heavy atom. The minimum absolute atomic E-state index is 0.0345. The molecule has 114 valence electrons. The van der Waals surface area contributed by atoms with Gasteiger partial charge in [-0.25, -0.2) is 0 Å². The summed E-state index contributed by atoms with van der Waals surface area (Å²) in [4.78, 5) is 23.3. The number of carboxylic acid groups (broad SMARTS) is 1. The lowest BCUT2D eigenvalue weighted by molar-refractivity contribution is -0.144. The molecule has 0 bridgehead atoms. The van der Waals surface area contributed by atoms with Crippen LogP contribution in [0.4, 0.5) is 0 Å². The number of aromatic hydroxyl groups is 1. The van der Waals surface area contributed by atoms with Gasteiger partial charge < -0.3 is 15.5 Å². The standard InChI is InChI=1S/C16H21NO4/c1-10-6-7-13(14(18)8-10)15(19)17-9-11-4-2-3-5-12(11)16(20)21/h6-8,11-12,18H,2-5,9H2,1H3,(H,17,19)(H,20,21). The van der Waals surface area contributed by atoms with Crippen molar-refractivity contribution in [1.29, 1.82) is 0 Å². The third kappa shape index (κ3) is 3.74. The highest BCUT2D eigenvalue weighted by atomic mass is 16.4. The SMILES string of the molecule is Cc1ccc(C(=O)NCC2CCCCC2C(=O)O)c(O)c1. The molecule has 2 atom stereocenters. The molecule has 2 unspecified atom stereocenters. The van der Waals surface area contributed by atoms with Crippen LogP contribution in [0.2, 0.25) is 0 Å². The fraction of sp³-hybridized carbons (Fsp3) is 0.500. The minimum atomic E-state index is -0.785. The predicted molar refractivity (Wildman–Crippen MR) is 78.3 cm³/mol. The monoisotopic (exact) mass is 291 g/mol. The first kappa shape index (κ1) is 15.4. The van der Waals surface area contributed by atoms with Crippen molar-refractivity contribution in [2.24, 2.45) is 11.8 Å². The van der Waals surface area contributed by atoms with Crippen LogP contribution < -0.4 is 5.32 Å². The molecule has 0 aliphatic heterocycles. The smallest absolute Gasteiger partial charge is 0.306 e. The largest absolute Gasteiger partial charge is 0.507 e. The van der Waals surface area contributed by atoms with E-state index in [9.17, 15) is 19.8 Å². The van der Waals surface area contributed by atoms with Crippen LogP contribution in [0.1, 0.15) is 41.6 Å². The average molecular weight is 291 g/mol. The van der Waals surface area contributed by atoms with E-state index in [1.54, 1.807) is 12.1 Å². The molecular weight excluding hydrogens is 270 g/mol. The van der Waals surface area contributed by atoms with Gasteiger partial charge >= 0.3 is 5.97 Å². The van der Waals surface area contributed by atoms with Crippen molar-refractivity contribution in [3.05, 3.63) is 29.3 Å². The highest BCUT2D eigenvalue weighted by molar-refractivity contribution is 5.96. The molecular formula is C16H21NO4. The second-order valence-electron chi connectivity index (χ2n) is 5.72. The first-order valence-corrected chi connectivity index (χ1v) is 7.29. The number of aliphatic carboxylic acids is 1. The molecule has 0 radical (unpaired) electrons.